The molecule has 0 atom stereocenters. The SMILES string of the molecule is Brc1ccccc1CNc1cccnc1Br. The van der Waals surface area contributed by atoms with Crippen molar-refractivity contribution >= 4 is 37.5 Å². The van der Waals surface area contributed by atoms with Crippen LogP contribution >= 0.6 is 31.9 Å². The topological polar surface area (TPSA) is 24.9 Å². The first-order chi connectivity index (χ1) is 7.77. The maximum Gasteiger partial charge on any atom is 0.129 e. The number of pyridine rings is 1. The Kier molecular flexibility index (Phi) is 3.96. The van der Waals surface area contributed by atoms with Gasteiger partial charge in [0.05, 0.1) is 5.69 Å². The predicted molar refractivity (Wildman–Crippen MR) is 73.4 cm³/mol. The number of hydrogen-bond donors (Lipinski definition) is 1. The smallest absolute Gasteiger partial charge is 0.129 e. The van der Waals surface area contributed by atoms with Crippen LogP contribution in [-0.4, -0.2) is 4.98 Å². The largest absolute Gasteiger partial charge is 0.379 e. The van der Waals surface area contributed by atoms with Gasteiger partial charge in [-0.15, -0.1) is 0 Å². The zero-order chi connectivity index (χ0) is 11.4. The van der Waals surface area contributed by atoms with Crippen molar-refractivity contribution in [3.8, 4) is 0 Å². The van der Waals surface area contributed by atoms with Crippen LogP contribution in [0.4, 0.5) is 5.69 Å². The molecule has 0 amide bonds. The van der Waals surface area contributed by atoms with Crippen LogP contribution in [0.1, 0.15) is 5.56 Å². The van der Waals surface area contributed by atoms with Gasteiger partial charge in [0.2, 0.25) is 0 Å². The van der Waals surface area contributed by atoms with Crippen LogP contribution in [0.25, 0.3) is 0 Å². The third-order valence-corrected chi connectivity index (χ3v) is 3.59. The lowest BCUT2D eigenvalue weighted by atomic mass is 10.2. The molecule has 0 saturated heterocycles. The quantitative estimate of drug-likeness (QED) is 0.845. The Bertz CT molecular complexity index is 440. The fourth-order valence-electron chi connectivity index (χ4n) is 1.35. The highest BCUT2D eigenvalue weighted by atomic mass is 79.9. The molecule has 2 aromatic rings. The second kappa shape index (κ2) is 5.46. The van der Waals surface area contributed by atoms with Gasteiger partial charge in [0.15, 0.2) is 0 Å². The molecule has 1 N–H and O–H groups in total. The molecule has 0 fully saturated rings. The lowest BCUT2D eigenvalue weighted by Crippen LogP contribution is -2.01. The number of benzene rings is 1. The van der Waals surface area contributed by atoms with Gasteiger partial charge in [-0.25, -0.2) is 4.98 Å². The monoisotopic (exact) mass is 340 g/mol. The predicted octanol–water partition coefficient (Wildman–Crippen LogP) is 4.22. The lowest BCUT2D eigenvalue weighted by molar-refractivity contribution is 1.12. The minimum Gasteiger partial charge on any atom is -0.379 e. The minimum absolute atomic E-state index is 0.770. The molecule has 0 radical (unpaired) electrons. The van der Waals surface area contributed by atoms with E-state index in [9.17, 15) is 0 Å². The molecule has 2 rings (SSSR count). The molecule has 0 saturated carbocycles. The normalized spacial score (nSPS) is 10.1. The van der Waals surface area contributed by atoms with Crippen molar-refractivity contribution in [1.29, 1.82) is 0 Å². The summed E-state index contributed by atoms with van der Waals surface area (Å²) < 4.78 is 1.95. The van der Waals surface area contributed by atoms with Gasteiger partial charge in [0.1, 0.15) is 4.60 Å². The van der Waals surface area contributed by atoms with E-state index >= 15 is 0 Å². The summed E-state index contributed by atoms with van der Waals surface area (Å²) in [5.41, 5.74) is 2.22. The summed E-state index contributed by atoms with van der Waals surface area (Å²) in [6, 6.07) is 12.1. The van der Waals surface area contributed by atoms with E-state index in [1.165, 1.54) is 5.56 Å². The number of aromatic nitrogens is 1. The molecule has 1 heterocycles. The average molecular weight is 342 g/mol. The Labute approximate surface area is 111 Å². The summed E-state index contributed by atoms with van der Waals surface area (Å²) in [5, 5.41) is 3.33. The second-order valence-corrected chi connectivity index (χ2v) is 4.89. The Morgan fingerprint density at radius 3 is 2.62 bits per heavy atom. The second-order valence-electron chi connectivity index (χ2n) is 3.29. The third-order valence-electron chi connectivity index (χ3n) is 2.19. The van der Waals surface area contributed by atoms with E-state index in [4.69, 9.17) is 0 Å². The Morgan fingerprint density at radius 2 is 1.88 bits per heavy atom. The van der Waals surface area contributed by atoms with Gasteiger partial charge < -0.3 is 5.32 Å². The van der Waals surface area contributed by atoms with E-state index in [-0.39, 0.29) is 0 Å². The van der Waals surface area contributed by atoms with Gasteiger partial charge in [-0.3, -0.25) is 0 Å². The van der Waals surface area contributed by atoms with Crippen LogP contribution in [-0.2, 0) is 6.54 Å². The average Bonchev–Trinajstić information content (AvgIpc) is 2.30. The van der Waals surface area contributed by atoms with Crippen LogP contribution in [0, 0.1) is 0 Å². The summed E-state index contributed by atoms with van der Waals surface area (Å²) in [6.07, 6.45) is 1.76. The van der Waals surface area contributed by atoms with Crippen molar-refractivity contribution in [2.75, 3.05) is 5.32 Å². The maximum absolute atomic E-state index is 4.16. The van der Waals surface area contributed by atoms with Gasteiger partial charge in [0, 0.05) is 17.2 Å². The number of rotatable bonds is 3. The fraction of sp³-hybridized carbons (Fsp3) is 0.0833. The number of nitrogens with zero attached hydrogens (tertiary/aromatic N) is 1. The first-order valence-electron chi connectivity index (χ1n) is 4.85. The van der Waals surface area contributed by atoms with Gasteiger partial charge in [-0.2, -0.15) is 0 Å². The Balaban J connectivity index is 2.09. The summed E-state index contributed by atoms with van der Waals surface area (Å²) in [7, 11) is 0. The number of anilines is 1. The van der Waals surface area contributed by atoms with Crippen molar-refractivity contribution in [3.05, 3.63) is 57.2 Å². The molecule has 0 unspecified atom stereocenters. The van der Waals surface area contributed by atoms with Crippen molar-refractivity contribution < 1.29 is 0 Å². The lowest BCUT2D eigenvalue weighted by Gasteiger charge is -2.08. The molecule has 82 valence electrons. The third kappa shape index (κ3) is 2.83. The van der Waals surface area contributed by atoms with Crippen molar-refractivity contribution in [3.63, 3.8) is 0 Å². The Hall–Kier alpha value is -0.870. The molecular weight excluding hydrogens is 332 g/mol. The van der Waals surface area contributed by atoms with Gasteiger partial charge in [0.25, 0.3) is 0 Å². The van der Waals surface area contributed by atoms with Crippen LogP contribution < -0.4 is 5.32 Å². The van der Waals surface area contributed by atoms with Crippen LogP contribution in [0.15, 0.2) is 51.7 Å². The summed E-state index contributed by atoms with van der Waals surface area (Å²) in [5.74, 6) is 0. The maximum atomic E-state index is 4.16. The van der Waals surface area contributed by atoms with Crippen molar-refractivity contribution in [1.82, 2.24) is 4.98 Å². The standard InChI is InChI=1S/C12H10Br2N2/c13-10-5-2-1-4-9(10)8-16-11-6-3-7-15-12(11)14/h1-7,16H,8H2. The van der Waals surface area contributed by atoms with Gasteiger partial charge >= 0.3 is 0 Å². The minimum atomic E-state index is 0.770. The number of halogens is 2. The molecule has 0 aliphatic heterocycles. The molecule has 16 heavy (non-hydrogen) atoms. The van der Waals surface area contributed by atoms with Crippen LogP contribution in [0.5, 0.6) is 0 Å². The van der Waals surface area contributed by atoms with E-state index in [0.717, 1.165) is 21.3 Å². The zero-order valence-corrected chi connectivity index (χ0v) is 11.6. The zero-order valence-electron chi connectivity index (χ0n) is 8.45. The van der Waals surface area contributed by atoms with Gasteiger partial charge in [-0.1, -0.05) is 34.1 Å². The molecule has 0 aliphatic carbocycles. The number of hydrogen-bond acceptors (Lipinski definition) is 2. The Morgan fingerprint density at radius 1 is 1.06 bits per heavy atom. The van der Waals surface area contributed by atoms with E-state index in [2.05, 4.69) is 48.2 Å². The molecule has 2 nitrogen and oxygen atoms in total. The van der Waals surface area contributed by atoms with E-state index in [0.29, 0.717) is 0 Å². The molecule has 4 heteroatoms. The molecule has 0 aliphatic rings. The van der Waals surface area contributed by atoms with E-state index < -0.39 is 0 Å². The fourth-order valence-corrected chi connectivity index (χ4v) is 2.17. The highest BCUT2D eigenvalue weighted by Gasteiger charge is 2.01. The number of nitrogens with one attached hydrogen (secondary N) is 1. The summed E-state index contributed by atoms with van der Waals surface area (Å²) in [6.45, 7) is 0.770. The van der Waals surface area contributed by atoms with E-state index in [1.807, 2.05) is 30.3 Å². The first-order valence-corrected chi connectivity index (χ1v) is 6.44. The molecule has 1 aromatic heterocycles. The van der Waals surface area contributed by atoms with Gasteiger partial charge in [-0.05, 0) is 39.7 Å². The molecular formula is C12H10Br2N2. The van der Waals surface area contributed by atoms with Crippen molar-refractivity contribution in [2.45, 2.75) is 6.54 Å². The summed E-state index contributed by atoms with van der Waals surface area (Å²) >= 11 is 6.92. The molecule has 1 aromatic carbocycles. The highest BCUT2D eigenvalue weighted by Crippen LogP contribution is 2.21. The molecule has 0 bridgehead atoms. The van der Waals surface area contributed by atoms with Crippen LogP contribution in [0.2, 0.25) is 0 Å². The van der Waals surface area contributed by atoms with Crippen LogP contribution in [0.3, 0.4) is 0 Å². The summed E-state index contributed by atoms with van der Waals surface area (Å²) in [4.78, 5) is 4.16. The van der Waals surface area contributed by atoms with E-state index in [1.54, 1.807) is 6.20 Å². The van der Waals surface area contributed by atoms with Crippen molar-refractivity contribution in [2.24, 2.45) is 0 Å². The first kappa shape index (κ1) is 11.6. The molecule has 0 spiro atoms. The highest BCUT2D eigenvalue weighted by molar-refractivity contribution is 9.10.